The fraction of sp³-hybridized carbons (Fsp3) is 0.238. The highest BCUT2D eigenvalue weighted by Crippen LogP contribution is 2.32. The van der Waals surface area contributed by atoms with E-state index < -0.39 is 14.9 Å². The van der Waals surface area contributed by atoms with Gasteiger partial charge in [-0.15, -0.1) is 0 Å². The highest BCUT2D eigenvalue weighted by atomic mass is 32.2. The molecule has 2 N–H and O–H groups in total. The third-order valence-electron chi connectivity index (χ3n) is 4.66. The average Bonchev–Trinajstić information content (AvgIpc) is 3.10. The molecule has 0 unspecified atom stereocenters. The first-order valence-corrected chi connectivity index (χ1v) is 10.8. The van der Waals surface area contributed by atoms with Crippen LogP contribution >= 0.6 is 0 Å². The van der Waals surface area contributed by atoms with Crippen LogP contribution in [0.5, 0.6) is 0 Å². The zero-order valence-electron chi connectivity index (χ0n) is 17.1. The van der Waals surface area contributed by atoms with Gasteiger partial charge in [0.25, 0.3) is 15.7 Å². The molecular weight excluding hydrogens is 406 g/mol. The molecule has 0 fully saturated rings. The molecule has 0 aliphatic heterocycles. The average molecular weight is 429 g/mol. The van der Waals surface area contributed by atoms with Crippen molar-refractivity contribution in [3.8, 4) is 0 Å². The van der Waals surface area contributed by atoms with Crippen molar-refractivity contribution >= 4 is 27.1 Å². The number of nitrogens with zero attached hydrogens (tertiary/aromatic N) is 1. The van der Waals surface area contributed by atoms with E-state index in [1.54, 1.807) is 45.0 Å². The van der Waals surface area contributed by atoms with Crippen LogP contribution in [0.3, 0.4) is 0 Å². The van der Waals surface area contributed by atoms with E-state index in [0.717, 1.165) is 23.0 Å². The third-order valence-corrected chi connectivity index (χ3v) is 6.03. The number of anilines is 2. The van der Waals surface area contributed by atoms with E-state index in [9.17, 15) is 18.5 Å². The quantitative estimate of drug-likeness (QED) is 0.399. The van der Waals surface area contributed by atoms with E-state index in [-0.39, 0.29) is 22.3 Å². The van der Waals surface area contributed by atoms with Crippen LogP contribution in [0.15, 0.2) is 57.8 Å². The second-order valence-electron chi connectivity index (χ2n) is 7.17. The van der Waals surface area contributed by atoms with Crippen molar-refractivity contribution < 1.29 is 17.8 Å². The van der Waals surface area contributed by atoms with Crippen molar-refractivity contribution in [1.29, 1.82) is 0 Å². The van der Waals surface area contributed by atoms with Crippen molar-refractivity contribution in [2.75, 3.05) is 10.0 Å². The van der Waals surface area contributed by atoms with Gasteiger partial charge in [0.15, 0.2) is 0 Å². The number of furan rings is 1. The van der Waals surface area contributed by atoms with Crippen molar-refractivity contribution in [1.82, 2.24) is 0 Å². The Kier molecular flexibility index (Phi) is 5.84. The van der Waals surface area contributed by atoms with Gasteiger partial charge in [-0.2, -0.15) is 0 Å². The summed E-state index contributed by atoms with van der Waals surface area (Å²) in [6, 6.07) is 12.3. The summed E-state index contributed by atoms with van der Waals surface area (Å²) >= 11 is 0. The molecule has 0 bridgehead atoms. The molecule has 9 heteroatoms. The van der Waals surface area contributed by atoms with E-state index in [1.165, 1.54) is 12.1 Å². The van der Waals surface area contributed by atoms with Gasteiger partial charge in [-0.1, -0.05) is 17.7 Å². The maximum Gasteiger partial charge on any atom is 0.293 e. The zero-order chi connectivity index (χ0) is 22.1. The Morgan fingerprint density at radius 3 is 2.30 bits per heavy atom. The largest absolute Gasteiger partial charge is 0.464 e. The maximum atomic E-state index is 12.8. The normalized spacial score (nSPS) is 12.4. The van der Waals surface area contributed by atoms with Crippen LogP contribution in [0.4, 0.5) is 17.1 Å². The molecule has 0 radical (unpaired) electrons. The number of benzene rings is 2. The topological polar surface area (TPSA) is 114 Å². The molecule has 1 atom stereocenters. The van der Waals surface area contributed by atoms with Gasteiger partial charge in [0, 0.05) is 6.07 Å². The van der Waals surface area contributed by atoms with Gasteiger partial charge in [0.05, 0.1) is 21.5 Å². The number of sulfonamides is 1. The molecule has 0 amide bonds. The minimum Gasteiger partial charge on any atom is -0.464 e. The van der Waals surface area contributed by atoms with Crippen LogP contribution in [0.2, 0.25) is 0 Å². The van der Waals surface area contributed by atoms with E-state index in [2.05, 4.69) is 10.0 Å². The number of hydrogen-bond acceptors (Lipinski definition) is 6. The lowest BCUT2D eigenvalue weighted by Gasteiger charge is -2.15. The van der Waals surface area contributed by atoms with Gasteiger partial charge in [-0.3, -0.25) is 14.8 Å². The summed E-state index contributed by atoms with van der Waals surface area (Å²) < 4.78 is 33.6. The molecule has 3 aromatic rings. The van der Waals surface area contributed by atoms with Crippen molar-refractivity contribution in [2.24, 2.45) is 0 Å². The Morgan fingerprint density at radius 2 is 1.70 bits per heavy atom. The minimum atomic E-state index is -4.00. The van der Waals surface area contributed by atoms with Crippen LogP contribution in [0.1, 0.15) is 35.6 Å². The number of nitro groups is 1. The summed E-state index contributed by atoms with van der Waals surface area (Å²) in [5.41, 5.74) is 2.05. The first kappa shape index (κ1) is 21.4. The predicted molar refractivity (Wildman–Crippen MR) is 115 cm³/mol. The number of rotatable bonds is 7. The lowest BCUT2D eigenvalue weighted by Crippen LogP contribution is -2.15. The molecule has 1 heterocycles. The molecule has 0 aliphatic rings. The summed E-state index contributed by atoms with van der Waals surface area (Å²) in [6.45, 7) is 7.30. The van der Waals surface area contributed by atoms with Crippen molar-refractivity contribution in [3.05, 3.63) is 81.3 Å². The Morgan fingerprint density at radius 1 is 1.00 bits per heavy atom. The molecule has 8 nitrogen and oxygen atoms in total. The van der Waals surface area contributed by atoms with Gasteiger partial charge < -0.3 is 9.73 Å². The summed E-state index contributed by atoms with van der Waals surface area (Å²) in [5, 5.41) is 14.6. The van der Waals surface area contributed by atoms with Crippen molar-refractivity contribution in [3.63, 3.8) is 0 Å². The zero-order valence-corrected chi connectivity index (χ0v) is 17.9. The molecule has 158 valence electrons. The molecule has 1 aromatic heterocycles. The second kappa shape index (κ2) is 8.19. The SMILES string of the molecule is Cc1ccc(NS(=O)(=O)c2ccc(N[C@@H](C)c3ccc(C)o3)c([N+](=O)[O-])c2)c(C)c1. The molecule has 3 rings (SSSR count). The van der Waals surface area contributed by atoms with Crippen LogP contribution < -0.4 is 10.0 Å². The summed E-state index contributed by atoms with van der Waals surface area (Å²) in [5.74, 6) is 1.35. The Labute approximate surface area is 175 Å². The number of nitrogens with one attached hydrogen (secondary N) is 2. The van der Waals surface area contributed by atoms with Crippen molar-refractivity contribution in [2.45, 2.75) is 38.6 Å². The second-order valence-corrected chi connectivity index (χ2v) is 8.86. The standard InChI is InChI=1S/C21H23N3O5S/c1-13-5-8-18(14(2)11-13)23-30(27,28)17-7-9-19(20(12-17)24(25)26)22-16(4)21-10-6-15(3)29-21/h5-12,16,22-23H,1-4H3/t16-/m0/s1. The minimum absolute atomic E-state index is 0.193. The van der Waals surface area contributed by atoms with Gasteiger partial charge >= 0.3 is 0 Å². The Hall–Kier alpha value is -3.33. The van der Waals surface area contributed by atoms with Gasteiger partial charge in [-0.05, 0) is 63.6 Å². The number of hydrogen-bond donors (Lipinski definition) is 2. The molecule has 2 aromatic carbocycles. The van der Waals surface area contributed by atoms with E-state index in [4.69, 9.17) is 4.42 Å². The maximum absolute atomic E-state index is 12.8. The molecule has 0 spiro atoms. The Balaban J connectivity index is 1.91. The lowest BCUT2D eigenvalue weighted by atomic mass is 10.1. The molecular formula is C21H23N3O5S. The molecule has 0 aliphatic carbocycles. The van der Waals surface area contributed by atoms with Crippen LogP contribution in [0.25, 0.3) is 0 Å². The fourth-order valence-electron chi connectivity index (χ4n) is 3.07. The first-order chi connectivity index (χ1) is 14.1. The summed E-state index contributed by atoms with van der Waals surface area (Å²) in [6.07, 6.45) is 0. The van der Waals surface area contributed by atoms with Gasteiger partial charge in [0.2, 0.25) is 0 Å². The van der Waals surface area contributed by atoms with Crippen LogP contribution in [0, 0.1) is 30.9 Å². The van der Waals surface area contributed by atoms with Crippen LogP contribution in [-0.4, -0.2) is 13.3 Å². The number of aryl methyl sites for hydroxylation is 3. The molecule has 0 saturated heterocycles. The smallest absolute Gasteiger partial charge is 0.293 e. The van der Waals surface area contributed by atoms with E-state index in [0.29, 0.717) is 11.4 Å². The van der Waals surface area contributed by atoms with Gasteiger partial charge in [-0.25, -0.2) is 8.42 Å². The number of nitro benzene ring substituents is 1. The van der Waals surface area contributed by atoms with E-state index >= 15 is 0 Å². The first-order valence-electron chi connectivity index (χ1n) is 9.28. The monoisotopic (exact) mass is 429 g/mol. The Bertz CT molecular complexity index is 1200. The van der Waals surface area contributed by atoms with E-state index in [1.807, 2.05) is 13.0 Å². The van der Waals surface area contributed by atoms with Crippen LogP contribution in [-0.2, 0) is 10.0 Å². The fourth-order valence-corrected chi connectivity index (χ4v) is 4.22. The summed E-state index contributed by atoms with van der Waals surface area (Å²) in [4.78, 5) is 10.8. The molecule has 30 heavy (non-hydrogen) atoms. The van der Waals surface area contributed by atoms with Gasteiger partial charge in [0.1, 0.15) is 17.2 Å². The summed E-state index contributed by atoms with van der Waals surface area (Å²) in [7, 11) is -4.00. The molecule has 0 saturated carbocycles. The third kappa shape index (κ3) is 4.62. The highest BCUT2D eigenvalue weighted by molar-refractivity contribution is 7.92. The predicted octanol–water partition coefficient (Wildman–Crippen LogP) is 5.09. The lowest BCUT2D eigenvalue weighted by molar-refractivity contribution is -0.384. The highest BCUT2D eigenvalue weighted by Gasteiger charge is 2.23.